The molecule has 128 valence electrons. The van der Waals surface area contributed by atoms with Gasteiger partial charge in [-0.2, -0.15) is 13.2 Å². The maximum Gasteiger partial charge on any atom is 0.422 e. The Hall–Kier alpha value is -1.96. The Kier molecular flexibility index (Phi) is 4.58. The molecule has 1 aliphatic carbocycles. The molecule has 1 aliphatic rings. The number of hydrogen-bond acceptors (Lipinski definition) is 5. The van der Waals surface area contributed by atoms with Crippen molar-refractivity contribution in [3.05, 3.63) is 41.3 Å². The number of carbonyl (C=O) groups excluding carboxylic acids is 1. The molecule has 1 saturated carbocycles. The maximum absolute atomic E-state index is 12.7. The molecule has 1 aromatic carbocycles. The van der Waals surface area contributed by atoms with E-state index in [-0.39, 0.29) is 22.8 Å². The Labute approximate surface area is 140 Å². The largest absolute Gasteiger partial charge is 0.483 e. The van der Waals surface area contributed by atoms with Crippen molar-refractivity contribution in [3.8, 4) is 5.75 Å². The number of alkyl halides is 3. The van der Waals surface area contributed by atoms with Crippen LogP contribution in [-0.2, 0) is 0 Å². The summed E-state index contributed by atoms with van der Waals surface area (Å²) in [4.78, 5) is 13.4. The van der Waals surface area contributed by atoms with Crippen LogP contribution in [0.1, 0.15) is 40.4 Å². The quantitative estimate of drug-likeness (QED) is 0.565. The highest BCUT2D eigenvalue weighted by Crippen LogP contribution is 2.42. The molecule has 0 spiro atoms. The molecule has 0 unspecified atom stereocenters. The monoisotopic (exact) mass is 357 g/mol. The van der Waals surface area contributed by atoms with Gasteiger partial charge in [0.1, 0.15) is 5.75 Å². The van der Waals surface area contributed by atoms with Gasteiger partial charge in [0.05, 0.1) is 17.3 Å². The van der Waals surface area contributed by atoms with Crippen LogP contribution in [0.15, 0.2) is 33.8 Å². The number of aromatic nitrogens is 1. The number of halogens is 3. The minimum absolute atomic E-state index is 0.0714. The fraction of sp³-hybridized carbons (Fsp3) is 0.375. The molecule has 0 amide bonds. The van der Waals surface area contributed by atoms with E-state index < -0.39 is 18.6 Å². The average molecular weight is 357 g/mol. The first-order chi connectivity index (χ1) is 11.4. The molecular weight excluding hydrogens is 343 g/mol. The Morgan fingerprint density at radius 2 is 2.12 bits per heavy atom. The van der Waals surface area contributed by atoms with E-state index in [2.05, 4.69) is 5.16 Å². The number of nitrogens with zero attached hydrogens (tertiary/aromatic N) is 1. The van der Waals surface area contributed by atoms with Crippen LogP contribution in [0.2, 0.25) is 0 Å². The summed E-state index contributed by atoms with van der Waals surface area (Å²) >= 11 is 1.35. The van der Waals surface area contributed by atoms with E-state index >= 15 is 0 Å². The molecule has 0 saturated heterocycles. The predicted molar refractivity (Wildman–Crippen MR) is 81.7 cm³/mol. The minimum atomic E-state index is -4.48. The molecule has 24 heavy (non-hydrogen) atoms. The van der Waals surface area contributed by atoms with Gasteiger partial charge in [0.25, 0.3) is 0 Å². The predicted octanol–water partition coefficient (Wildman–Crippen LogP) is 4.45. The number of hydrogen-bond donors (Lipinski definition) is 0. The topological polar surface area (TPSA) is 52.3 Å². The standard InChI is InChI=1S/C16H14F3NO3S/c1-24-10-4-5-11(13(6-10)22-8-16(17,18)19)14(21)12-7-20-23-15(12)9-2-3-9/h4-7,9H,2-3,8H2,1H3. The molecule has 1 heterocycles. The average Bonchev–Trinajstić information content (AvgIpc) is 3.28. The van der Waals surface area contributed by atoms with Crippen LogP contribution in [0.25, 0.3) is 0 Å². The van der Waals surface area contributed by atoms with Gasteiger partial charge in [-0.05, 0) is 37.3 Å². The Morgan fingerprint density at radius 3 is 2.75 bits per heavy atom. The van der Waals surface area contributed by atoms with Crippen molar-refractivity contribution in [1.29, 1.82) is 0 Å². The number of rotatable bonds is 6. The fourth-order valence-corrected chi connectivity index (χ4v) is 2.73. The van der Waals surface area contributed by atoms with Gasteiger partial charge in [-0.1, -0.05) is 5.16 Å². The first-order valence-corrected chi connectivity index (χ1v) is 8.48. The zero-order valence-electron chi connectivity index (χ0n) is 12.7. The van der Waals surface area contributed by atoms with Gasteiger partial charge in [-0.25, -0.2) is 0 Å². The summed E-state index contributed by atoms with van der Waals surface area (Å²) in [5.41, 5.74) is 0.355. The lowest BCUT2D eigenvalue weighted by molar-refractivity contribution is -0.153. The second-order valence-electron chi connectivity index (χ2n) is 5.47. The van der Waals surface area contributed by atoms with E-state index in [1.807, 2.05) is 0 Å². The summed E-state index contributed by atoms with van der Waals surface area (Å²) in [6.45, 7) is -1.45. The Morgan fingerprint density at radius 1 is 1.38 bits per heavy atom. The van der Waals surface area contributed by atoms with Crippen LogP contribution in [0.5, 0.6) is 5.75 Å². The molecule has 0 atom stereocenters. The van der Waals surface area contributed by atoms with Crippen molar-refractivity contribution in [2.75, 3.05) is 12.9 Å². The number of thioether (sulfide) groups is 1. The normalized spacial score (nSPS) is 14.7. The van der Waals surface area contributed by atoms with E-state index in [0.717, 1.165) is 12.8 Å². The van der Waals surface area contributed by atoms with Crippen molar-refractivity contribution in [2.24, 2.45) is 0 Å². The van der Waals surface area contributed by atoms with Crippen LogP contribution in [-0.4, -0.2) is 30.0 Å². The summed E-state index contributed by atoms with van der Waals surface area (Å²) in [5.74, 6) is 0.127. The van der Waals surface area contributed by atoms with Crippen molar-refractivity contribution < 1.29 is 27.2 Å². The molecule has 0 radical (unpaired) electrons. The Bertz CT molecular complexity index is 753. The highest BCUT2D eigenvalue weighted by molar-refractivity contribution is 7.98. The third-order valence-corrected chi connectivity index (χ3v) is 4.34. The summed E-state index contributed by atoms with van der Waals surface area (Å²) in [7, 11) is 0. The molecule has 1 aromatic heterocycles. The summed E-state index contributed by atoms with van der Waals surface area (Å²) in [5, 5.41) is 3.66. The zero-order valence-corrected chi connectivity index (χ0v) is 13.5. The first-order valence-electron chi connectivity index (χ1n) is 7.26. The van der Waals surface area contributed by atoms with Gasteiger partial charge < -0.3 is 9.26 Å². The molecule has 0 aliphatic heterocycles. The molecular formula is C16H14F3NO3S. The maximum atomic E-state index is 12.7. The van der Waals surface area contributed by atoms with E-state index in [1.54, 1.807) is 12.3 Å². The second-order valence-corrected chi connectivity index (χ2v) is 6.35. The van der Waals surface area contributed by atoms with Crippen LogP contribution in [0.3, 0.4) is 0 Å². The molecule has 0 bridgehead atoms. The number of ketones is 1. The van der Waals surface area contributed by atoms with Crippen molar-refractivity contribution in [2.45, 2.75) is 29.8 Å². The van der Waals surface area contributed by atoms with E-state index in [9.17, 15) is 18.0 Å². The van der Waals surface area contributed by atoms with Crippen molar-refractivity contribution in [1.82, 2.24) is 5.16 Å². The smallest absolute Gasteiger partial charge is 0.422 e. The Balaban J connectivity index is 1.93. The van der Waals surface area contributed by atoms with Gasteiger partial charge in [0.15, 0.2) is 12.4 Å². The third-order valence-electron chi connectivity index (χ3n) is 3.62. The SMILES string of the molecule is CSc1ccc(C(=O)c2cnoc2C2CC2)c(OCC(F)(F)F)c1. The number of ether oxygens (including phenoxy) is 1. The van der Waals surface area contributed by atoms with Crippen molar-refractivity contribution in [3.63, 3.8) is 0 Å². The molecule has 4 nitrogen and oxygen atoms in total. The van der Waals surface area contributed by atoms with Crippen LogP contribution < -0.4 is 4.74 Å². The van der Waals surface area contributed by atoms with Gasteiger partial charge in [-0.3, -0.25) is 4.79 Å². The summed E-state index contributed by atoms with van der Waals surface area (Å²) in [6, 6.07) is 4.58. The molecule has 2 aromatic rings. The van der Waals surface area contributed by atoms with E-state index in [4.69, 9.17) is 9.26 Å². The lowest BCUT2D eigenvalue weighted by Gasteiger charge is -2.13. The molecule has 8 heteroatoms. The van der Waals surface area contributed by atoms with E-state index in [1.165, 1.54) is 30.1 Å². The first kappa shape index (κ1) is 16.9. The molecule has 1 fully saturated rings. The second kappa shape index (κ2) is 6.51. The summed E-state index contributed by atoms with van der Waals surface area (Å²) < 4.78 is 47.4. The minimum Gasteiger partial charge on any atom is -0.483 e. The van der Waals surface area contributed by atoms with Crippen LogP contribution in [0.4, 0.5) is 13.2 Å². The highest BCUT2D eigenvalue weighted by atomic mass is 32.2. The van der Waals surface area contributed by atoms with Gasteiger partial charge in [0, 0.05) is 10.8 Å². The molecule has 3 rings (SSSR count). The molecule has 0 N–H and O–H groups in total. The third kappa shape index (κ3) is 3.75. The van der Waals surface area contributed by atoms with Crippen molar-refractivity contribution >= 4 is 17.5 Å². The highest BCUT2D eigenvalue weighted by Gasteiger charge is 2.34. The zero-order chi connectivity index (χ0) is 17.3. The lowest BCUT2D eigenvalue weighted by Crippen LogP contribution is -2.20. The van der Waals surface area contributed by atoms with Gasteiger partial charge in [0.2, 0.25) is 5.78 Å². The lowest BCUT2D eigenvalue weighted by atomic mass is 10.0. The van der Waals surface area contributed by atoms with E-state index in [0.29, 0.717) is 10.7 Å². The summed E-state index contributed by atoms with van der Waals surface area (Å²) in [6.07, 6.45) is 0.449. The van der Waals surface area contributed by atoms with Gasteiger partial charge in [-0.15, -0.1) is 11.8 Å². The fourth-order valence-electron chi connectivity index (χ4n) is 2.30. The van der Waals surface area contributed by atoms with Crippen LogP contribution in [0, 0.1) is 0 Å². The van der Waals surface area contributed by atoms with Gasteiger partial charge >= 0.3 is 6.18 Å². The van der Waals surface area contributed by atoms with Crippen LogP contribution >= 0.6 is 11.8 Å². The number of carbonyl (C=O) groups is 1. The number of benzene rings is 1.